The van der Waals surface area contributed by atoms with E-state index in [9.17, 15) is 0 Å². The Morgan fingerprint density at radius 1 is 0.409 bits per heavy atom. The van der Waals surface area contributed by atoms with Crippen molar-refractivity contribution in [3.63, 3.8) is 0 Å². The Balaban J connectivity index is 0.452. The molecule has 0 aliphatic carbocycles. The van der Waals surface area contributed by atoms with Crippen LogP contribution in [0.25, 0.3) is 53.9 Å². The minimum Gasteiger partial charge on any atom is -0.462 e. The molecular formula is C105H125N21O3S3. The average molecular weight is 1830 g/mol. The second kappa shape index (κ2) is 41.0. The smallest absolute Gasteiger partial charge is 0.318 e. The maximum absolute atomic E-state index is 6.64. The number of likely N-dealkylation sites (tertiary alicyclic amines) is 3. The van der Waals surface area contributed by atoms with Crippen molar-refractivity contribution in [3.8, 4) is 39.6 Å². The van der Waals surface area contributed by atoms with Crippen molar-refractivity contribution in [2.24, 2.45) is 30.0 Å². The van der Waals surface area contributed by atoms with Gasteiger partial charge in [0.2, 0.25) is 0 Å². The summed E-state index contributed by atoms with van der Waals surface area (Å²) in [6.45, 7) is 23.6. The molecule has 20 rings (SSSR count). The predicted octanol–water partition coefficient (Wildman–Crippen LogP) is 18.6. The number of ether oxygens (including phenoxy) is 3. The summed E-state index contributed by atoms with van der Waals surface area (Å²) in [6.07, 6.45) is 19.0. The van der Waals surface area contributed by atoms with Gasteiger partial charge in [0, 0.05) is 148 Å². The molecule has 24 nitrogen and oxygen atoms in total. The summed E-state index contributed by atoms with van der Waals surface area (Å²) >= 11 is 5.46. The highest BCUT2D eigenvalue weighted by Crippen LogP contribution is 2.44. The van der Waals surface area contributed by atoms with E-state index in [4.69, 9.17) is 69.1 Å². The maximum atomic E-state index is 6.64. The Kier molecular flexibility index (Phi) is 27.7. The van der Waals surface area contributed by atoms with Gasteiger partial charge in [-0.05, 0) is 286 Å². The molecule has 0 unspecified atom stereocenters. The summed E-state index contributed by atoms with van der Waals surface area (Å²) in [7, 11) is 6.59. The van der Waals surface area contributed by atoms with Gasteiger partial charge in [-0.15, -0.1) is 22.7 Å². The van der Waals surface area contributed by atoms with Crippen LogP contribution in [-0.2, 0) is 51.9 Å². The summed E-state index contributed by atoms with van der Waals surface area (Å²) in [4.78, 5) is 85.9. The maximum Gasteiger partial charge on any atom is 0.318 e. The number of hydrogen-bond acceptors (Lipinski definition) is 27. The SMILES string of the molecule is CSCCCN=C=NC1CCN(c2nc(OC[C@@H]3CCCN3C)nc3c2CCN(c2cccc4cc(-c5csc(CN=C=NC6CCN(c7nc(OC[C@@H]8CCCN8C)nc8c7CCN(c7cccc9cc(-c%10ccc(CCN=C=NC%11CCN(c%12nc(OC[C@@H]%13CCCN%13C)nc%13c%12CCN(c%12cccc%14cccc(C)c%12%14)C%13)CC%11)s%10)cc(C)c79)C8)CC6)c5)cc(C)c24)C3)CC1. The van der Waals surface area contributed by atoms with Crippen LogP contribution < -0.4 is 43.6 Å². The molecule has 11 aromatic rings. The number of fused-ring (bicyclic) bond motifs is 6. The van der Waals surface area contributed by atoms with Crippen LogP contribution in [0.2, 0.25) is 0 Å². The molecule has 27 heteroatoms. The molecule has 0 bridgehead atoms. The molecule has 6 saturated heterocycles. The zero-order valence-corrected chi connectivity index (χ0v) is 80.4. The van der Waals surface area contributed by atoms with E-state index in [2.05, 4.69) is 236 Å². The van der Waals surface area contributed by atoms with Crippen LogP contribution in [0.1, 0.15) is 144 Å². The lowest BCUT2D eigenvalue weighted by atomic mass is 9.96. The fraction of sp³-hybridized carbons (Fsp3) is 0.495. The number of thioether (sulfide) groups is 1. The van der Waals surface area contributed by atoms with E-state index >= 15 is 0 Å². The number of likely N-dealkylation sites (N-methyl/N-ethyl adjacent to an activating group) is 3. The first kappa shape index (κ1) is 89.2. The Hall–Kier alpha value is -10.7. The second-order valence-electron chi connectivity index (χ2n) is 37.9. The number of anilines is 6. The standard InChI is InChI=1S/C105H125N21O3S3/c1-70-16-8-17-73-18-9-24-93(97(70)73)124-50-36-87-90(60-124)112-103(127-63-82-21-12-41-118(82)4)115-100(87)122-46-32-80(33-47-122)110-68-107-40-29-85-27-28-96(132-85)77-55-72(3)99-75(57-77)20-11-26-95(99)126-52-38-89-92(62-126)114-105(129-65-84-23-14-43-120(84)6)117-102(89)123-48-34-81(35-49-123)111-69-108-59-86-58-78(66-131-86)76-54-71(2)98-74(56-76)19-10-25-94(98)125-51-37-88-91(61-125)113-104(128-64-83-22-13-42-119(83)5)116-101(88)121-44-30-79(31-45-121)109-67-106-39-15-53-130-7/h8-11,16-20,24-28,54-58,66,79-84H,12-15,21-23,29-53,59-65H2,1-7H3/t82-,83-,84-/m0/s1. The Morgan fingerprint density at radius 3 is 1.29 bits per heavy atom. The van der Waals surface area contributed by atoms with Gasteiger partial charge < -0.3 is 58.3 Å². The zero-order valence-electron chi connectivity index (χ0n) is 77.9. The van der Waals surface area contributed by atoms with Crippen molar-refractivity contribution >= 4 is 119 Å². The number of nitrogens with zero attached hydrogens (tertiary/aromatic N) is 21. The van der Waals surface area contributed by atoms with Crippen LogP contribution >= 0.6 is 34.4 Å². The van der Waals surface area contributed by atoms with E-state index in [0.717, 1.165) is 222 Å². The summed E-state index contributed by atoms with van der Waals surface area (Å²) in [6, 6.07) is 55.5. The van der Waals surface area contributed by atoms with Gasteiger partial charge in [-0.1, -0.05) is 60.7 Å². The van der Waals surface area contributed by atoms with E-state index in [-0.39, 0.29) is 18.1 Å². The van der Waals surface area contributed by atoms with Crippen LogP contribution in [0.15, 0.2) is 151 Å². The normalized spacial score (nSPS) is 19.5. The largest absolute Gasteiger partial charge is 0.462 e. The Bertz CT molecular complexity index is 6180. The molecule has 0 amide bonds. The van der Waals surface area contributed by atoms with Gasteiger partial charge in [-0.3, -0.25) is 0 Å². The molecule has 14 heterocycles. The number of rotatable bonds is 29. The lowest BCUT2D eigenvalue weighted by Crippen LogP contribution is -2.39. The lowest BCUT2D eigenvalue weighted by Gasteiger charge is -2.36. The summed E-state index contributed by atoms with van der Waals surface area (Å²) in [5.41, 5.74) is 18.1. The monoisotopic (exact) mass is 1820 g/mol. The van der Waals surface area contributed by atoms with E-state index in [0.29, 0.717) is 82.2 Å². The molecule has 9 aliphatic heterocycles. The molecule has 686 valence electrons. The number of aliphatic imine (C=N–C) groups is 6. The van der Waals surface area contributed by atoms with Gasteiger partial charge >= 0.3 is 18.0 Å². The topological polar surface area (TPSA) is 208 Å². The Labute approximate surface area is 789 Å². The van der Waals surface area contributed by atoms with Crippen molar-refractivity contribution in [3.05, 3.63) is 181 Å². The third-order valence-corrected chi connectivity index (χ3v) is 32.0. The molecule has 3 atom stereocenters. The number of benzene rings is 6. The van der Waals surface area contributed by atoms with Crippen LogP contribution in [0.3, 0.4) is 0 Å². The van der Waals surface area contributed by atoms with Gasteiger partial charge in [0.1, 0.15) is 37.3 Å². The third kappa shape index (κ3) is 20.1. The van der Waals surface area contributed by atoms with Crippen LogP contribution in [-0.4, -0.2) is 243 Å². The van der Waals surface area contributed by atoms with Crippen molar-refractivity contribution in [1.82, 2.24) is 44.6 Å². The first-order chi connectivity index (χ1) is 64.8. The van der Waals surface area contributed by atoms with E-state index in [1.54, 1.807) is 11.3 Å². The molecule has 6 fully saturated rings. The summed E-state index contributed by atoms with van der Waals surface area (Å²) < 4.78 is 19.7. The van der Waals surface area contributed by atoms with Crippen LogP contribution in [0.5, 0.6) is 18.0 Å². The predicted molar refractivity (Wildman–Crippen MR) is 542 cm³/mol. The molecule has 0 N–H and O–H groups in total. The van der Waals surface area contributed by atoms with Crippen LogP contribution in [0.4, 0.5) is 34.5 Å². The molecule has 0 spiro atoms. The average Bonchev–Trinajstić information content (AvgIpc) is 0.823. The van der Waals surface area contributed by atoms with Gasteiger partial charge in [0.25, 0.3) is 0 Å². The molecule has 9 aliphatic rings. The van der Waals surface area contributed by atoms with E-state index in [1.807, 2.05) is 23.1 Å². The molecule has 0 radical (unpaired) electrons. The van der Waals surface area contributed by atoms with Crippen molar-refractivity contribution in [2.45, 2.75) is 192 Å². The molecule has 0 saturated carbocycles. The first-order valence-electron chi connectivity index (χ1n) is 48.5. The number of aromatic nitrogens is 6. The third-order valence-electron chi connectivity index (χ3n) is 29.2. The van der Waals surface area contributed by atoms with Gasteiger partial charge in [0.15, 0.2) is 0 Å². The highest BCUT2D eigenvalue weighted by atomic mass is 32.2. The molecule has 5 aromatic heterocycles. The van der Waals surface area contributed by atoms with E-state index < -0.39 is 0 Å². The van der Waals surface area contributed by atoms with Crippen LogP contribution in [0, 0.1) is 20.8 Å². The van der Waals surface area contributed by atoms with Gasteiger partial charge in [-0.2, -0.15) is 41.7 Å². The number of thiophene rings is 2. The minimum absolute atomic E-state index is 0.125. The summed E-state index contributed by atoms with van der Waals surface area (Å²) in [5, 5.41) is 9.89. The van der Waals surface area contributed by atoms with E-state index in [1.165, 1.54) is 133 Å². The van der Waals surface area contributed by atoms with Gasteiger partial charge in [0.05, 0.1) is 92.5 Å². The molecular weight excluding hydrogens is 1700 g/mol. The fourth-order valence-corrected chi connectivity index (χ4v) is 23.8. The Morgan fingerprint density at radius 2 is 0.833 bits per heavy atom. The number of hydrogen-bond donors (Lipinski definition) is 0. The zero-order chi connectivity index (χ0) is 89.5. The fourth-order valence-electron chi connectivity index (χ4n) is 21.6. The summed E-state index contributed by atoms with van der Waals surface area (Å²) in [5.74, 6) is 4.18. The second-order valence-corrected chi connectivity index (χ2v) is 41.1. The minimum atomic E-state index is 0.125. The molecule has 132 heavy (non-hydrogen) atoms. The molecule has 6 aromatic carbocycles. The lowest BCUT2D eigenvalue weighted by molar-refractivity contribution is 0.187. The quantitative estimate of drug-likeness (QED) is 0.0315. The van der Waals surface area contributed by atoms with Crippen molar-refractivity contribution < 1.29 is 14.2 Å². The van der Waals surface area contributed by atoms with Gasteiger partial charge in [-0.25, -0.2) is 30.0 Å². The first-order valence-corrected chi connectivity index (χ1v) is 51.6. The van der Waals surface area contributed by atoms with Crippen molar-refractivity contribution in [1.29, 1.82) is 0 Å². The highest BCUT2D eigenvalue weighted by molar-refractivity contribution is 7.98. The number of piperidine rings is 3. The highest BCUT2D eigenvalue weighted by Gasteiger charge is 2.36. The number of aryl methyl sites for hydroxylation is 3. The van der Waals surface area contributed by atoms with Crippen molar-refractivity contribution in [2.75, 3.05) is 174 Å².